The van der Waals surface area contributed by atoms with E-state index in [1.165, 1.54) is 7.11 Å². The molecule has 6 heteroatoms. The number of aromatic amines is 2. The lowest BCUT2D eigenvalue weighted by Crippen LogP contribution is -2.23. The van der Waals surface area contributed by atoms with Gasteiger partial charge in [0.1, 0.15) is 0 Å². The molecule has 15 heavy (non-hydrogen) atoms. The highest BCUT2D eigenvalue weighted by Gasteiger charge is 2.21. The number of ether oxygens (including phenoxy) is 1. The van der Waals surface area contributed by atoms with Gasteiger partial charge in [-0.05, 0) is 26.1 Å². The minimum absolute atomic E-state index is 0.248. The van der Waals surface area contributed by atoms with Crippen molar-refractivity contribution in [1.29, 1.82) is 0 Å². The first kappa shape index (κ1) is 11.6. The Bertz CT molecular complexity index is 489. The molecule has 0 unspecified atom stereocenters. The summed E-state index contributed by atoms with van der Waals surface area (Å²) in [7, 11) is 1.29. The van der Waals surface area contributed by atoms with Crippen molar-refractivity contribution in [3.63, 3.8) is 0 Å². The van der Waals surface area contributed by atoms with E-state index in [1.807, 2.05) is 0 Å². The van der Waals surface area contributed by atoms with Crippen LogP contribution in [0.2, 0.25) is 0 Å². The van der Waals surface area contributed by atoms with Crippen molar-refractivity contribution in [2.75, 3.05) is 7.11 Å². The molecule has 82 valence electrons. The summed E-state index contributed by atoms with van der Waals surface area (Å²) in [6.07, 6.45) is 0. The van der Waals surface area contributed by atoms with Gasteiger partial charge in [0.2, 0.25) is 0 Å². The van der Waals surface area contributed by atoms with Gasteiger partial charge in [-0.15, -0.1) is 0 Å². The fourth-order valence-corrected chi connectivity index (χ4v) is 1.67. The van der Waals surface area contributed by atoms with Crippen LogP contribution in [0.1, 0.15) is 24.1 Å². The molecule has 1 heterocycles. The van der Waals surface area contributed by atoms with Crippen LogP contribution in [0.3, 0.4) is 0 Å². The lowest BCUT2D eigenvalue weighted by Gasteiger charge is -2.10. The first-order chi connectivity index (χ1) is 6.97. The topological polar surface area (TPSA) is 75.0 Å². The molecule has 1 aromatic rings. The number of hydrogen-bond donors (Lipinski definition) is 2. The van der Waals surface area contributed by atoms with Gasteiger partial charge in [0.15, 0.2) is 4.77 Å². The average molecular weight is 228 g/mol. The molecule has 0 bridgehead atoms. The maximum Gasteiger partial charge on any atom is 0.313 e. The normalized spacial score (nSPS) is 12.2. The zero-order valence-corrected chi connectivity index (χ0v) is 9.53. The van der Waals surface area contributed by atoms with Crippen LogP contribution in [0.15, 0.2) is 4.79 Å². The summed E-state index contributed by atoms with van der Waals surface area (Å²) in [5.74, 6) is -1.06. The van der Waals surface area contributed by atoms with E-state index in [0.717, 1.165) is 0 Å². The summed E-state index contributed by atoms with van der Waals surface area (Å²) in [5.41, 5.74) is 0.589. The van der Waals surface area contributed by atoms with Crippen molar-refractivity contribution in [2.45, 2.75) is 19.8 Å². The Balaban J connectivity index is 3.32. The van der Waals surface area contributed by atoms with Crippen molar-refractivity contribution in [3.05, 3.63) is 26.4 Å². The van der Waals surface area contributed by atoms with Crippen LogP contribution in [0, 0.1) is 11.7 Å². The largest absolute Gasteiger partial charge is 0.469 e. The summed E-state index contributed by atoms with van der Waals surface area (Å²) >= 11 is 4.80. The third-order valence-electron chi connectivity index (χ3n) is 2.16. The highest BCUT2D eigenvalue weighted by Crippen LogP contribution is 2.14. The molecular formula is C9H12N2O3S. The molecule has 0 saturated heterocycles. The van der Waals surface area contributed by atoms with Gasteiger partial charge in [-0.25, -0.2) is 0 Å². The Morgan fingerprint density at radius 3 is 2.53 bits per heavy atom. The number of methoxy groups -OCH3 is 1. The monoisotopic (exact) mass is 228 g/mol. The number of H-pyrrole nitrogens is 2. The molecule has 0 spiro atoms. The van der Waals surface area contributed by atoms with Gasteiger partial charge in [-0.3, -0.25) is 14.6 Å². The van der Waals surface area contributed by atoms with Crippen molar-refractivity contribution in [1.82, 2.24) is 9.97 Å². The molecule has 0 aromatic carbocycles. The summed E-state index contributed by atoms with van der Waals surface area (Å²) in [4.78, 5) is 28.1. The van der Waals surface area contributed by atoms with Gasteiger partial charge in [-0.2, -0.15) is 0 Å². The zero-order valence-electron chi connectivity index (χ0n) is 8.71. The van der Waals surface area contributed by atoms with Gasteiger partial charge in [0, 0.05) is 5.69 Å². The van der Waals surface area contributed by atoms with Crippen LogP contribution in [-0.2, 0) is 9.53 Å². The Labute approximate surface area is 91.5 Å². The van der Waals surface area contributed by atoms with Crippen LogP contribution in [0.5, 0.6) is 0 Å². The molecule has 1 atom stereocenters. The molecule has 0 radical (unpaired) electrons. The molecule has 0 fully saturated rings. The third kappa shape index (κ3) is 2.33. The Morgan fingerprint density at radius 1 is 1.47 bits per heavy atom. The number of aryl methyl sites for hydroxylation is 1. The number of hydrogen-bond acceptors (Lipinski definition) is 4. The third-order valence-corrected chi connectivity index (χ3v) is 2.37. The fourth-order valence-electron chi connectivity index (χ4n) is 1.43. The summed E-state index contributed by atoms with van der Waals surface area (Å²) in [6, 6.07) is 0. The summed E-state index contributed by atoms with van der Waals surface area (Å²) in [6.45, 7) is 3.31. The van der Waals surface area contributed by atoms with E-state index < -0.39 is 11.9 Å². The predicted molar refractivity (Wildman–Crippen MR) is 57.4 cm³/mol. The molecule has 0 aliphatic rings. The second-order valence-corrected chi connectivity index (χ2v) is 3.60. The maximum absolute atomic E-state index is 11.6. The van der Waals surface area contributed by atoms with E-state index in [2.05, 4.69) is 14.7 Å². The van der Waals surface area contributed by atoms with Gasteiger partial charge in [0.25, 0.3) is 5.56 Å². The lowest BCUT2D eigenvalue weighted by molar-refractivity contribution is -0.142. The molecule has 2 N–H and O–H groups in total. The predicted octanol–water partition coefficient (Wildman–Crippen LogP) is 1.02. The first-order valence-electron chi connectivity index (χ1n) is 4.38. The van der Waals surface area contributed by atoms with Crippen LogP contribution in [-0.4, -0.2) is 23.0 Å². The van der Waals surface area contributed by atoms with Gasteiger partial charge in [-0.1, -0.05) is 0 Å². The number of aromatic nitrogens is 2. The van der Waals surface area contributed by atoms with E-state index in [0.29, 0.717) is 11.3 Å². The molecular weight excluding hydrogens is 216 g/mol. The van der Waals surface area contributed by atoms with E-state index in [1.54, 1.807) is 13.8 Å². The Kier molecular flexibility index (Phi) is 3.41. The van der Waals surface area contributed by atoms with E-state index in [4.69, 9.17) is 12.2 Å². The van der Waals surface area contributed by atoms with Crippen molar-refractivity contribution in [2.24, 2.45) is 0 Å². The van der Waals surface area contributed by atoms with Crippen molar-refractivity contribution < 1.29 is 9.53 Å². The zero-order chi connectivity index (χ0) is 11.6. The minimum Gasteiger partial charge on any atom is -0.469 e. The van der Waals surface area contributed by atoms with Crippen molar-refractivity contribution >= 4 is 18.2 Å². The van der Waals surface area contributed by atoms with Gasteiger partial charge >= 0.3 is 5.97 Å². The maximum atomic E-state index is 11.6. The lowest BCUT2D eigenvalue weighted by atomic mass is 10.0. The first-order valence-corrected chi connectivity index (χ1v) is 4.79. The van der Waals surface area contributed by atoms with E-state index >= 15 is 0 Å². The van der Waals surface area contributed by atoms with Crippen molar-refractivity contribution in [3.8, 4) is 0 Å². The SMILES string of the molecule is COC(=O)[C@@H](C)c1c(C)[nH]c(=S)[nH]c1=O. The van der Waals surface area contributed by atoms with Crippen LogP contribution >= 0.6 is 12.2 Å². The summed E-state index contributed by atoms with van der Waals surface area (Å²) in [5, 5.41) is 0. The number of carbonyl (C=O) groups excluding carboxylic acids is 1. The fraction of sp³-hybridized carbons (Fsp3) is 0.444. The number of carbonyl (C=O) groups is 1. The highest BCUT2D eigenvalue weighted by molar-refractivity contribution is 7.71. The molecule has 1 rings (SSSR count). The smallest absolute Gasteiger partial charge is 0.313 e. The second kappa shape index (κ2) is 4.39. The Hall–Kier alpha value is -1.43. The van der Waals surface area contributed by atoms with Gasteiger partial charge in [0.05, 0.1) is 18.6 Å². The number of rotatable bonds is 2. The molecule has 0 aliphatic heterocycles. The van der Waals surface area contributed by atoms with Crippen LogP contribution < -0.4 is 5.56 Å². The standard InChI is InChI=1S/C9H12N2O3S/c1-4(8(13)14-3)6-5(2)10-9(15)11-7(6)12/h4H,1-3H3,(H2,10,11,12,15)/t4-/m0/s1. The molecule has 5 nitrogen and oxygen atoms in total. The van der Waals surface area contributed by atoms with E-state index in [9.17, 15) is 9.59 Å². The quantitative estimate of drug-likeness (QED) is 0.585. The minimum atomic E-state index is -0.606. The highest BCUT2D eigenvalue weighted by atomic mass is 32.1. The van der Waals surface area contributed by atoms with Gasteiger partial charge < -0.3 is 9.72 Å². The number of nitrogens with one attached hydrogen (secondary N) is 2. The van der Waals surface area contributed by atoms with Crippen LogP contribution in [0.4, 0.5) is 0 Å². The average Bonchev–Trinajstić information content (AvgIpc) is 2.14. The molecule has 0 aliphatic carbocycles. The number of esters is 1. The molecule has 0 saturated carbocycles. The Morgan fingerprint density at radius 2 is 2.07 bits per heavy atom. The van der Waals surface area contributed by atoms with Crippen LogP contribution in [0.25, 0.3) is 0 Å². The second-order valence-electron chi connectivity index (χ2n) is 3.19. The molecule has 0 amide bonds. The summed E-state index contributed by atoms with van der Waals surface area (Å²) < 4.78 is 4.82. The molecule has 1 aromatic heterocycles. The van der Waals surface area contributed by atoms with E-state index in [-0.39, 0.29) is 10.3 Å².